The molecular weight excluding hydrogens is 348 g/mol. The maximum atomic E-state index is 12.4. The van der Waals surface area contributed by atoms with Gasteiger partial charge in [0.25, 0.3) is 5.91 Å². The van der Waals surface area contributed by atoms with Crippen molar-refractivity contribution in [3.05, 3.63) is 29.2 Å². The maximum absolute atomic E-state index is 12.4. The molecule has 1 aliphatic carbocycles. The summed E-state index contributed by atoms with van der Waals surface area (Å²) in [5, 5.41) is 16.8. The SMILES string of the molecule is Cc1c(C(=O)Nc2cc([C@H]3CC[C@@H](OC(=O)NC(C)C)C3)[nH]n2)cnn1C. The Kier molecular flexibility index (Phi) is 5.48. The molecule has 2 aromatic heterocycles. The highest BCUT2D eigenvalue weighted by atomic mass is 16.6. The Morgan fingerprint density at radius 2 is 2.15 bits per heavy atom. The van der Waals surface area contributed by atoms with Gasteiger partial charge in [-0.1, -0.05) is 0 Å². The molecule has 146 valence electrons. The molecule has 1 fully saturated rings. The number of H-pyrrole nitrogens is 1. The van der Waals surface area contributed by atoms with Gasteiger partial charge in [-0.05, 0) is 40.0 Å². The Morgan fingerprint density at radius 1 is 1.37 bits per heavy atom. The molecule has 3 rings (SSSR count). The first-order valence-electron chi connectivity index (χ1n) is 9.16. The third kappa shape index (κ3) is 4.47. The zero-order chi connectivity index (χ0) is 19.6. The number of carbonyl (C=O) groups is 2. The maximum Gasteiger partial charge on any atom is 0.407 e. The molecule has 1 aliphatic rings. The number of amides is 2. The van der Waals surface area contributed by atoms with E-state index in [-0.39, 0.29) is 30.1 Å². The van der Waals surface area contributed by atoms with Crippen LogP contribution in [0.15, 0.2) is 12.3 Å². The van der Waals surface area contributed by atoms with Crippen molar-refractivity contribution >= 4 is 17.8 Å². The summed E-state index contributed by atoms with van der Waals surface area (Å²) in [6.45, 7) is 5.63. The van der Waals surface area contributed by atoms with Gasteiger partial charge in [0.2, 0.25) is 0 Å². The van der Waals surface area contributed by atoms with Crippen LogP contribution in [0.1, 0.15) is 60.8 Å². The fourth-order valence-electron chi connectivity index (χ4n) is 3.27. The van der Waals surface area contributed by atoms with Crippen molar-refractivity contribution in [2.24, 2.45) is 7.05 Å². The van der Waals surface area contributed by atoms with E-state index in [9.17, 15) is 9.59 Å². The second-order valence-corrected chi connectivity index (χ2v) is 7.27. The number of hydrogen-bond acceptors (Lipinski definition) is 5. The summed E-state index contributed by atoms with van der Waals surface area (Å²) in [7, 11) is 1.79. The topological polar surface area (TPSA) is 114 Å². The number of aryl methyl sites for hydroxylation is 1. The van der Waals surface area contributed by atoms with Gasteiger partial charge in [-0.25, -0.2) is 4.79 Å². The van der Waals surface area contributed by atoms with Crippen molar-refractivity contribution in [3.8, 4) is 0 Å². The minimum absolute atomic E-state index is 0.0527. The highest BCUT2D eigenvalue weighted by Crippen LogP contribution is 2.35. The van der Waals surface area contributed by atoms with Crippen LogP contribution in [-0.2, 0) is 11.8 Å². The van der Waals surface area contributed by atoms with Gasteiger partial charge in [0.15, 0.2) is 5.82 Å². The van der Waals surface area contributed by atoms with E-state index in [1.54, 1.807) is 17.9 Å². The van der Waals surface area contributed by atoms with Crippen LogP contribution in [0.25, 0.3) is 0 Å². The quantitative estimate of drug-likeness (QED) is 0.744. The molecule has 0 aromatic carbocycles. The highest BCUT2D eigenvalue weighted by molar-refractivity contribution is 6.04. The Labute approximate surface area is 157 Å². The summed E-state index contributed by atoms with van der Waals surface area (Å²) >= 11 is 0. The van der Waals surface area contributed by atoms with Gasteiger partial charge in [-0.2, -0.15) is 10.2 Å². The number of aromatic nitrogens is 4. The average molecular weight is 374 g/mol. The van der Waals surface area contributed by atoms with Crippen LogP contribution in [0.4, 0.5) is 10.6 Å². The number of nitrogens with zero attached hydrogens (tertiary/aromatic N) is 3. The van der Waals surface area contributed by atoms with Crippen molar-refractivity contribution in [3.63, 3.8) is 0 Å². The Morgan fingerprint density at radius 3 is 2.81 bits per heavy atom. The predicted molar refractivity (Wildman–Crippen MR) is 99.6 cm³/mol. The second kappa shape index (κ2) is 7.81. The predicted octanol–water partition coefficient (Wildman–Crippen LogP) is 2.47. The van der Waals surface area contributed by atoms with Crippen molar-refractivity contribution in [2.45, 2.75) is 58.1 Å². The Hall–Kier alpha value is -2.84. The van der Waals surface area contributed by atoms with E-state index in [1.165, 1.54) is 0 Å². The molecule has 0 bridgehead atoms. The van der Waals surface area contributed by atoms with Crippen LogP contribution in [-0.4, -0.2) is 44.1 Å². The van der Waals surface area contributed by atoms with E-state index >= 15 is 0 Å². The summed E-state index contributed by atoms with van der Waals surface area (Å²) in [5.41, 5.74) is 2.25. The lowest BCUT2D eigenvalue weighted by Gasteiger charge is -2.14. The smallest absolute Gasteiger partial charge is 0.407 e. The van der Waals surface area contributed by atoms with Crippen LogP contribution < -0.4 is 10.6 Å². The third-order valence-electron chi connectivity index (χ3n) is 4.82. The zero-order valence-electron chi connectivity index (χ0n) is 16.1. The normalized spacial score (nSPS) is 19.3. The molecule has 2 atom stereocenters. The molecule has 0 radical (unpaired) electrons. The summed E-state index contributed by atoms with van der Waals surface area (Å²) in [4.78, 5) is 24.1. The van der Waals surface area contributed by atoms with E-state index < -0.39 is 0 Å². The molecule has 0 unspecified atom stereocenters. The number of nitrogens with one attached hydrogen (secondary N) is 3. The zero-order valence-corrected chi connectivity index (χ0v) is 16.1. The molecule has 1 saturated carbocycles. The molecule has 9 heteroatoms. The van der Waals surface area contributed by atoms with E-state index in [4.69, 9.17) is 4.74 Å². The van der Waals surface area contributed by atoms with Gasteiger partial charge in [-0.15, -0.1) is 0 Å². The molecule has 3 N–H and O–H groups in total. The van der Waals surface area contributed by atoms with Gasteiger partial charge in [-0.3, -0.25) is 14.6 Å². The van der Waals surface area contributed by atoms with Gasteiger partial charge in [0.1, 0.15) is 6.10 Å². The lowest BCUT2D eigenvalue weighted by atomic mass is 10.0. The van der Waals surface area contributed by atoms with Gasteiger partial charge in [0, 0.05) is 36.5 Å². The number of aromatic amines is 1. The van der Waals surface area contributed by atoms with Crippen molar-refractivity contribution in [1.82, 2.24) is 25.3 Å². The molecule has 0 spiro atoms. The number of alkyl carbamates (subject to hydrolysis) is 1. The number of ether oxygens (including phenoxy) is 1. The van der Waals surface area contributed by atoms with Crippen molar-refractivity contribution in [1.29, 1.82) is 0 Å². The van der Waals surface area contributed by atoms with E-state index in [1.807, 2.05) is 26.8 Å². The first-order chi connectivity index (χ1) is 12.8. The van der Waals surface area contributed by atoms with Crippen LogP contribution in [0.3, 0.4) is 0 Å². The molecule has 2 amide bonds. The molecule has 0 saturated heterocycles. The van der Waals surface area contributed by atoms with Crippen LogP contribution in [0, 0.1) is 6.92 Å². The average Bonchev–Trinajstić information content (AvgIpc) is 3.29. The second-order valence-electron chi connectivity index (χ2n) is 7.27. The minimum atomic E-state index is -0.375. The number of carbonyl (C=O) groups excluding carboxylic acids is 2. The number of hydrogen-bond donors (Lipinski definition) is 3. The molecule has 27 heavy (non-hydrogen) atoms. The van der Waals surface area contributed by atoms with Gasteiger partial charge >= 0.3 is 6.09 Å². The number of rotatable bonds is 5. The van der Waals surface area contributed by atoms with E-state index in [0.29, 0.717) is 11.4 Å². The van der Waals surface area contributed by atoms with Crippen LogP contribution in [0.5, 0.6) is 0 Å². The number of anilines is 1. The van der Waals surface area contributed by atoms with Gasteiger partial charge < -0.3 is 15.4 Å². The molecule has 9 nitrogen and oxygen atoms in total. The summed E-state index contributed by atoms with van der Waals surface area (Å²) in [6, 6.07) is 1.89. The van der Waals surface area contributed by atoms with E-state index in [0.717, 1.165) is 30.7 Å². The molecule has 0 aliphatic heterocycles. The lowest BCUT2D eigenvalue weighted by Crippen LogP contribution is -2.33. The fraction of sp³-hybridized carbons (Fsp3) is 0.556. The monoisotopic (exact) mass is 374 g/mol. The third-order valence-corrected chi connectivity index (χ3v) is 4.82. The fourth-order valence-corrected chi connectivity index (χ4v) is 3.27. The summed E-state index contributed by atoms with van der Waals surface area (Å²) < 4.78 is 7.11. The Bertz CT molecular complexity index is 825. The highest BCUT2D eigenvalue weighted by Gasteiger charge is 2.30. The molecule has 2 aromatic rings. The standard InChI is InChI=1S/C18H26N6O3/c1-10(2)20-18(26)27-13-6-5-12(7-13)15-8-16(23-22-15)21-17(25)14-9-19-24(4)11(14)3/h8-10,12-13H,5-7H2,1-4H3,(H,20,26)(H2,21,22,23,25)/t12-,13+/m0/s1. The first-order valence-corrected chi connectivity index (χ1v) is 9.16. The van der Waals surface area contributed by atoms with Crippen molar-refractivity contribution in [2.75, 3.05) is 5.32 Å². The minimum Gasteiger partial charge on any atom is -0.446 e. The molecule has 2 heterocycles. The summed E-state index contributed by atoms with van der Waals surface area (Å²) in [6.07, 6.45) is 3.51. The largest absolute Gasteiger partial charge is 0.446 e. The van der Waals surface area contributed by atoms with E-state index in [2.05, 4.69) is 25.9 Å². The summed E-state index contributed by atoms with van der Waals surface area (Å²) in [5.74, 6) is 0.456. The first kappa shape index (κ1) is 18.9. The van der Waals surface area contributed by atoms with Gasteiger partial charge in [0.05, 0.1) is 11.8 Å². The van der Waals surface area contributed by atoms with Crippen molar-refractivity contribution < 1.29 is 14.3 Å². The lowest BCUT2D eigenvalue weighted by molar-refractivity contribution is 0.0979. The van der Waals surface area contributed by atoms with Crippen LogP contribution in [0.2, 0.25) is 0 Å². The Balaban J connectivity index is 1.56. The van der Waals surface area contributed by atoms with Crippen LogP contribution >= 0.6 is 0 Å². The molecular formula is C18H26N6O3.